The molecule has 1 rings (SSSR count). The lowest BCUT2D eigenvalue weighted by Gasteiger charge is -2.22. The highest BCUT2D eigenvalue weighted by Crippen LogP contribution is 2.42. The fraction of sp³-hybridized carbons (Fsp3) is 1.00. The predicted octanol–water partition coefficient (Wildman–Crippen LogP) is 1.000. The zero-order chi connectivity index (χ0) is 6.20. The van der Waals surface area contributed by atoms with Crippen molar-refractivity contribution in [3.8, 4) is 0 Å². The SMILES string of the molecule is C[C@@H]1CS(C)(C)CN1. The molecule has 8 heavy (non-hydrogen) atoms. The summed E-state index contributed by atoms with van der Waals surface area (Å²) in [7, 11) is -0.207. The summed E-state index contributed by atoms with van der Waals surface area (Å²) in [4.78, 5) is 0. The molecular formula is C6H15NS. The van der Waals surface area contributed by atoms with Gasteiger partial charge in [-0.2, -0.15) is 0 Å². The van der Waals surface area contributed by atoms with Crippen molar-refractivity contribution < 1.29 is 0 Å². The molecule has 1 fully saturated rings. The van der Waals surface area contributed by atoms with Crippen LogP contribution in [0, 0.1) is 0 Å². The maximum Gasteiger partial charge on any atom is 0.0260 e. The van der Waals surface area contributed by atoms with E-state index in [1.165, 1.54) is 11.6 Å². The minimum atomic E-state index is -0.207. The van der Waals surface area contributed by atoms with E-state index in [0.29, 0.717) is 0 Å². The maximum absolute atomic E-state index is 3.45. The first-order valence-electron chi connectivity index (χ1n) is 3.02. The second-order valence-corrected chi connectivity index (χ2v) is 7.34. The van der Waals surface area contributed by atoms with Crippen LogP contribution in [0.4, 0.5) is 0 Å². The third-order valence-electron chi connectivity index (χ3n) is 1.52. The molecule has 0 radical (unpaired) electrons. The van der Waals surface area contributed by atoms with Crippen molar-refractivity contribution in [2.45, 2.75) is 13.0 Å². The van der Waals surface area contributed by atoms with Crippen molar-refractivity contribution in [3.05, 3.63) is 0 Å². The quantitative estimate of drug-likeness (QED) is 0.520. The van der Waals surface area contributed by atoms with Crippen LogP contribution in [0.15, 0.2) is 0 Å². The van der Waals surface area contributed by atoms with E-state index in [2.05, 4.69) is 24.8 Å². The monoisotopic (exact) mass is 133 g/mol. The molecule has 1 atom stereocenters. The Bertz CT molecular complexity index is 90.5. The zero-order valence-corrected chi connectivity index (χ0v) is 6.72. The van der Waals surface area contributed by atoms with E-state index in [1.807, 2.05) is 0 Å². The minimum Gasteiger partial charge on any atom is -0.306 e. The summed E-state index contributed by atoms with van der Waals surface area (Å²) in [5.41, 5.74) is 0. The highest BCUT2D eigenvalue weighted by Gasteiger charge is 2.22. The molecule has 2 heteroatoms. The predicted molar refractivity (Wildman–Crippen MR) is 41.8 cm³/mol. The Labute approximate surface area is 53.2 Å². The molecule has 0 aliphatic carbocycles. The second kappa shape index (κ2) is 1.92. The van der Waals surface area contributed by atoms with Gasteiger partial charge in [0.15, 0.2) is 0 Å². The Balaban J connectivity index is 2.44. The standard InChI is InChI=1S/C6H15NS/c1-6-4-8(2,3)5-7-6/h6-7H,4-5H2,1-3H3/t6-/m1/s1. The van der Waals surface area contributed by atoms with Crippen LogP contribution in [0.5, 0.6) is 0 Å². The van der Waals surface area contributed by atoms with E-state index in [1.54, 1.807) is 0 Å². The lowest BCUT2D eigenvalue weighted by atomic mass is 10.4. The topological polar surface area (TPSA) is 12.0 Å². The fourth-order valence-corrected chi connectivity index (χ4v) is 3.49. The molecule has 1 heterocycles. The average Bonchev–Trinajstić information content (AvgIpc) is 1.82. The number of nitrogens with one attached hydrogen (secondary N) is 1. The summed E-state index contributed by atoms with van der Waals surface area (Å²) in [6.07, 6.45) is 4.78. The summed E-state index contributed by atoms with van der Waals surface area (Å²) in [6.45, 7) is 2.27. The van der Waals surface area contributed by atoms with Crippen molar-refractivity contribution in [1.29, 1.82) is 0 Å². The third-order valence-corrected chi connectivity index (χ3v) is 3.87. The number of rotatable bonds is 0. The van der Waals surface area contributed by atoms with Crippen LogP contribution in [0.1, 0.15) is 6.92 Å². The lowest BCUT2D eigenvalue weighted by molar-refractivity contribution is 0.692. The molecule has 0 aromatic rings. The van der Waals surface area contributed by atoms with Gasteiger partial charge in [-0.25, -0.2) is 10.0 Å². The van der Waals surface area contributed by atoms with Gasteiger partial charge in [0.05, 0.1) is 0 Å². The first kappa shape index (κ1) is 6.43. The van der Waals surface area contributed by atoms with Gasteiger partial charge in [0.2, 0.25) is 0 Å². The smallest absolute Gasteiger partial charge is 0.0260 e. The summed E-state index contributed by atoms with van der Waals surface area (Å²) < 4.78 is 0. The normalized spacial score (nSPS) is 39.6. The Morgan fingerprint density at radius 3 is 2.25 bits per heavy atom. The van der Waals surface area contributed by atoms with Crippen molar-refractivity contribution in [1.82, 2.24) is 5.32 Å². The van der Waals surface area contributed by atoms with Gasteiger partial charge in [-0.15, -0.1) is 0 Å². The van der Waals surface area contributed by atoms with Crippen molar-refractivity contribution in [3.63, 3.8) is 0 Å². The Kier molecular flexibility index (Phi) is 1.54. The van der Waals surface area contributed by atoms with Crippen LogP contribution in [-0.2, 0) is 0 Å². The first-order valence-corrected chi connectivity index (χ1v) is 5.81. The number of hydrogen-bond acceptors (Lipinski definition) is 1. The van der Waals surface area contributed by atoms with E-state index in [9.17, 15) is 0 Å². The summed E-state index contributed by atoms with van der Waals surface area (Å²) in [6, 6.07) is 0.778. The van der Waals surface area contributed by atoms with Gasteiger partial charge in [0, 0.05) is 11.9 Å². The van der Waals surface area contributed by atoms with E-state index in [-0.39, 0.29) is 10.0 Å². The van der Waals surface area contributed by atoms with Crippen LogP contribution in [0.25, 0.3) is 0 Å². The third kappa shape index (κ3) is 1.39. The molecular weight excluding hydrogens is 118 g/mol. The van der Waals surface area contributed by atoms with Gasteiger partial charge in [-0.3, -0.25) is 0 Å². The Morgan fingerprint density at radius 2 is 2.12 bits per heavy atom. The van der Waals surface area contributed by atoms with Gasteiger partial charge in [0.25, 0.3) is 0 Å². The van der Waals surface area contributed by atoms with E-state index in [0.717, 1.165) is 6.04 Å². The highest BCUT2D eigenvalue weighted by molar-refractivity contribution is 8.32. The molecule has 0 spiro atoms. The first-order chi connectivity index (χ1) is 3.60. The highest BCUT2D eigenvalue weighted by atomic mass is 32.3. The molecule has 1 nitrogen and oxygen atoms in total. The molecule has 1 N–H and O–H groups in total. The van der Waals surface area contributed by atoms with Crippen molar-refractivity contribution in [2.24, 2.45) is 0 Å². The Morgan fingerprint density at radius 1 is 1.50 bits per heavy atom. The van der Waals surface area contributed by atoms with Gasteiger partial charge in [-0.05, 0) is 25.2 Å². The largest absolute Gasteiger partial charge is 0.306 e. The van der Waals surface area contributed by atoms with Gasteiger partial charge in [0.1, 0.15) is 0 Å². The Hall–Kier alpha value is 0.310. The van der Waals surface area contributed by atoms with E-state index in [4.69, 9.17) is 0 Å². The molecule has 1 aliphatic rings. The van der Waals surface area contributed by atoms with Gasteiger partial charge < -0.3 is 5.32 Å². The average molecular weight is 133 g/mol. The lowest BCUT2D eigenvalue weighted by Crippen LogP contribution is -2.18. The fourth-order valence-electron chi connectivity index (χ4n) is 1.16. The molecule has 1 saturated heterocycles. The van der Waals surface area contributed by atoms with Crippen LogP contribution in [0.3, 0.4) is 0 Å². The zero-order valence-electron chi connectivity index (χ0n) is 5.90. The van der Waals surface area contributed by atoms with Crippen LogP contribution >= 0.6 is 10.0 Å². The molecule has 0 saturated carbocycles. The second-order valence-electron chi connectivity index (χ2n) is 3.18. The summed E-state index contributed by atoms with van der Waals surface area (Å²) in [5.74, 6) is 2.68. The molecule has 0 aromatic heterocycles. The molecule has 0 unspecified atom stereocenters. The van der Waals surface area contributed by atoms with Gasteiger partial charge >= 0.3 is 0 Å². The van der Waals surface area contributed by atoms with Crippen molar-refractivity contribution >= 4 is 10.0 Å². The van der Waals surface area contributed by atoms with E-state index >= 15 is 0 Å². The van der Waals surface area contributed by atoms with Crippen LogP contribution < -0.4 is 5.32 Å². The minimum absolute atomic E-state index is 0.207. The maximum atomic E-state index is 3.45. The van der Waals surface area contributed by atoms with Gasteiger partial charge in [-0.1, -0.05) is 0 Å². The molecule has 0 amide bonds. The van der Waals surface area contributed by atoms with Crippen molar-refractivity contribution in [2.75, 3.05) is 24.1 Å². The van der Waals surface area contributed by atoms with Crippen LogP contribution in [-0.4, -0.2) is 30.2 Å². The molecule has 50 valence electrons. The summed E-state index contributed by atoms with van der Waals surface area (Å²) in [5, 5.41) is 3.45. The van der Waals surface area contributed by atoms with E-state index < -0.39 is 0 Å². The van der Waals surface area contributed by atoms with Crippen LogP contribution in [0.2, 0.25) is 0 Å². The number of hydrogen-bond donors (Lipinski definition) is 1. The molecule has 0 aromatic carbocycles. The summed E-state index contributed by atoms with van der Waals surface area (Å²) >= 11 is 0. The molecule has 1 aliphatic heterocycles. The molecule has 0 bridgehead atoms.